The summed E-state index contributed by atoms with van der Waals surface area (Å²) in [5, 5.41) is 6.91. The van der Waals surface area contributed by atoms with Crippen LogP contribution in [-0.2, 0) is 6.54 Å². The topological polar surface area (TPSA) is 68.3 Å². The van der Waals surface area contributed by atoms with E-state index < -0.39 is 0 Å². The molecule has 0 saturated carbocycles. The van der Waals surface area contributed by atoms with E-state index in [1.807, 2.05) is 31.4 Å². The van der Waals surface area contributed by atoms with Crippen molar-refractivity contribution < 1.29 is 0 Å². The summed E-state index contributed by atoms with van der Waals surface area (Å²) < 4.78 is 0. The number of benzene rings is 1. The standard InChI is InChI=1S/C20H30N6.HI/c1-3-11-26-12-9-17(10-13-26)24-20(21-2)23-15-19-22-14-18(25-19)16-7-5-4-6-8-16;/h4-8,14,17H,3,9-13,15H2,1-2H3,(H,22,25)(H2,21,23,24);1H. The number of nitrogens with one attached hydrogen (secondary N) is 3. The van der Waals surface area contributed by atoms with Crippen LogP contribution in [0.2, 0.25) is 0 Å². The number of imidazole rings is 1. The summed E-state index contributed by atoms with van der Waals surface area (Å²) in [5.41, 5.74) is 2.18. The van der Waals surface area contributed by atoms with Gasteiger partial charge in [0.2, 0.25) is 0 Å². The van der Waals surface area contributed by atoms with Gasteiger partial charge in [0, 0.05) is 26.2 Å². The van der Waals surface area contributed by atoms with Gasteiger partial charge in [0.15, 0.2) is 5.96 Å². The van der Waals surface area contributed by atoms with Gasteiger partial charge < -0.3 is 20.5 Å². The normalized spacial score (nSPS) is 16.0. The first-order valence-corrected chi connectivity index (χ1v) is 9.57. The molecule has 7 heteroatoms. The molecule has 0 atom stereocenters. The van der Waals surface area contributed by atoms with E-state index in [4.69, 9.17) is 0 Å². The lowest BCUT2D eigenvalue weighted by Crippen LogP contribution is -2.48. The van der Waals surface area contributed by atoms with E-state index in [1.165, 1.54) is 38.9 Å². The molecule has 27 heavy (non-hydrogen) atoms. The van der Waals surface area contributed by atoms with Crippen molar-refractivity contribution in [3.63, 3.8) is 0 Å². The molecule has 0 spiro atoms. The molecular formula is C20H31IN6. The molecule has 1 aliphatic heterocycles. The first kappa shape index (κ1) is 21.7. The number of piperidine rings is 1. The van der Waals surface area contributed by atoms with Gasteiger partial charge >= 0.3 is 0 Å². The fourth-order valence-corrected chi connectivity index (χ4v) is 3.39. The van der Waals surface area contributed by atoms with Gasteiger partial charge in [-0.2, -0.15) is 0 Å². The maximum absolute atomic E-state index is 4.47. The third-order valence-electron chi connectivity index (χ3n) is 4.83. The van der Waals surface area contributed by atoms with Crippen molar-refractivity contribution >= 4 is 29.9 Å². The highest BCUT2D eigenvalue weighted by Crippen LogP contribution is 2.16. The van der Waals surface area contributed by atoms with Gasteiger partial charge in [-0.05, 0) is 31.4 Å². The third-order valence-corrected chi connectivity index (χ3v) is 4.83. The summed E-state index contributed by atoms with van der Waals surface area (Å²) in [6.07, 6.45) is 5.45. The summed E-state index contributed by atoms with van der Waals surface area (Å²) in [6.45, 7) is 6.42. The lowest BCUT2D eigenvalue weighted by Gasteiger charge is -2.32. The summed E-state index contributed by atoms with van der Waals surface area (Å²) in [7, 11) is 1.82. The van der Waals surface area contributed by atoms with E-state index >= 15 is 0 Å². The number of rotatable bonds is 6. The summed E-state index contributed by atoms with van der Waals surface area (Å²) in [4.78, 5) is 14.7. The minimum absolute atomic E-state index is 0. The first-order chi connectivity index (χ1) is 12.8. The molecule has 0 radical (unpaired) electrons. The van der Waals surface area contributed by atoms with Crippen LogP contribution in [0, 0.1) is 0 Å². The Balaban J connectivity index is 0.00000261. The van der Waals surface area contributed by atoms with Crippen molar-refractivity contribution in [2.45, 2.75) is 38.8 Å². The second-order valence-corrected chi connectivity index (χ2v) is 6.80. The smallest absolute Gasteiger partial charge is 0.191 e. The number of hydrogen-bond donors (Lipinski definition) is 3. The van der Waals surface area contributed by atoms with Crippen molar-refractivity contribution in [2.75, 3.05) is 26.7 Å². The highest BCUT2D eigenvalue weighted by molar-refractivity contribution is 14.0. The van der Waals surface area contributed by atoms with Crippen molar-refractivity contribution in [1.29, 1.82) is 0 Å². The van der Waals surface area contributed by atoms with Crippen LogP contribution in [0.3, 0.4) is 0 Å². The number of H-pyrrole nitrogens is 1. The van der Waals surface area contributed by atoms with Gasteiger partial charge in [-0.15, -0.1) is 24.0 Å². The number of hydrogen-bond acceptors (Lipinski definition) is 3. The number of likely N-dealkylation sites (tertiary alicyclic amines) is 1. The molecule has 3 rings (SSSR count). The molecule has 1 fully saturated rings. The number of guanidine groups is 1. The van der Waals surface area contributed by atoms with Gasteiger partial charge in [0.05, 0.1) is 18.4 Å². The van der Waals surface area contributed by atoms with E-state index in [9.17, 15) is 0 Å². The van der Waals surface area contributed by atoms with Crippen molar-refractivity contribution in [1.82, 2.24) is 25.5 Å². The van der Waals surface area contributed by atoms with Gasteiger partial charge in [0.1, 0.15) is 5.82 Å². The Labute approximate surface area is 179 Å². The SMILES string of the molecule is CCCN1CCC(NC(=NC)NCc2ncc(-c3ccccc3)[nH]2)CC1.I. The Bertz CT molecular complexity index is 692. The van der Waals surface area contributed by atoms with Gasteiger partial charge in [-0.1, -0.05) is 37.3 Å². The van der Waals surface area contributed by atoms with Gasteiger partial charge in [0.25, 0.3) is 0 Å². The van der Waals surface area contributed by atoms with E-state index in [0.29, 0.717) is 12.6 Å². The molecule has 3 N–H and O–H groups in total. The fourth-order valence-electron chi connectivity index (χ4n) is 3.39. The van der Waals surface area contributed by atoms with Crippen molar-refractivity contribution in [2.24, 2.45) is 4.99 Å². The lowest BCUT2D eigenvalue weighted by atomic mass is 10.1. The average molecular weight is 482 g/mol. The molecule has 6 nitrogen and oxygen atoms in total. The Hall–Kier alpha value is -1.61. The summed E-state index contributed by atoms with van der Waals surface area (Å²) >= 11 is 0. The number of aromatic nitrogens is 2. The fraction of sp³-hybridized carbons (Fsp3) is 0.500. The van der Waals surface area contributed by atoms with E-state index in [0.717, 1.165) is 23.0 Å². The van der Waals surface area contributed by atoms with Crippen LogP contribution < -0.4 is 10.6 Å². The zero-order valence-electron chi connectivity index (χ0n) is 16.2. The second-order valence-electron chi connectivity index (χ2n) is 6.80. The predicted octanol–water partition coefficient (Wildman–Crippen LogP) is 3.23. The molecule has 1 saturated heterocycles. The molecule has 0 unspecified atom stereocenters. The van der Waals surface area contributed by atoms with Crippen LogP contribution >= 0.6 is 24.0 Å². The maximum Gasteiger partial charge on any atom is 0.191 e. The third kappa shape index (κ3) is 6.49. The van der Waals surface area contributed by atoms with Crippen LogP contribution in [0.1, 0.15) is 32.0 Å². The molecule has 148 valence electrons. The Morgan fingerprint density at radius 2 is 2.00 bits per heavy atom. The molecule has 2 aromatic rings. The van der Waals surface area contributed by atoms with Gasteiger partial charge in [-0.25, -0.2) is 4.98 Å². The quantitative estimate of drug-likeness (QED) is 0.336. The largest absolute Gasteiger partial charge is 0.354 e. The zero-order valence-corrected chi connectivity index (χ0v) is 18.6. The molecule has 0 amide bonds. The Morgan fingerprint density at radius 1 is 1.26 bits per heavy atom. The molecule has 1 aromatic heterocycles. The van der Waals surface area contributed by atoms with Crippen LogP contribution in [0.15, 0.2) is 41.5 Å². The minimum atomic E-state index is 0. The van der Waals surface area contributed by atoms with E-state index in [-0.39, 0.29) is 24.0 Å². The van der Waals surface area contributed by atoms with Crippen LogP contribution in [0.5, 0.6) is 0 Å². The number of nitrogens with zero attached hydrogens (tertiary/aromatic N) is 3. The van der Waals surface area contributed by atoms with Crippen LogP contribution in [0.25, 0.3) is 11.3 Å². The first-order valence-electron chi connectivity index (χ1n) is 9.57. The molecule has 1 aromatic carbocycles. The monoisotopic (exact) mass is 482 g/mol. The highest BCUT2D eigenvalue weighted by atomic mass is 127. The van der Waals surface area contributed by atoms with Gasteiger partial charge in [-0.3, -0.25) is 4.99 Å². The maximum atomic E-state index is 4.47. The summed E-state index contributed by atoms with van der Waals surface area (Å²) in [5.74, 6) is 1.75. The zero-order chi connectivity index (χ0) is 18.2. The van der Waals surface area contributed by atoms with E-state index in [1.54, 1.807) is 0 Å². The summed E-state index contributed by atoms with van der Waals surface area (Å²) in [6, 6.07) is 10.7. The lowest BCUT2D eigenvalue weighted by molar-refractivity contribution is 0.206. The molecule has 1 aliphatic rings. The molecule has 0 aliphatic carbocycles. The van der Waals surface area contributed by atoms with Crippen LogP contribution in [-0.4, -0.2) is 53.6 Å². The van der Waals surface area contributed by atoms with Crippen molar-refractivity contribution in [3.05, 3.63) is 42.4 Å². The minimum Gasteiger partial charge on any atom is -0.354 e. The number of aliphatic imine (C=N–C) groups is 1. The number of aromatic amines is 1. The Morgan fingerprint density at radius 3 is 2.67 bits per heavy atom. The molecule has 0 bridgehead atoms. The average Bonchev–Trinajstić information content (AvgIpc) is 3.16. The van der Waals surface area contributed by atoms with Crippen LogP contribution in [0.4, 0.5) is 0 Å². The highest BCUT2D eigenvalue weighted by Gasteiger charge is 2.19. The second kappa shape index (κ2) is 11.3. The molecule has 2 heterocycles. The number of halogens is 1. The predicted molar refractivity (Wildman–Crippen MR) is 123 cm³/mol. The van der Waals surface area contributed by atoms with Crippen molar-refractivity contribution in [3.8, 4) is 11.3 Å². The van der Waals surface area contributed by atoms with E-state index in [2.05, 4.69) is 49.6 Å². The Kier molecular flexibility index (Phi) is 9.06. The molecular weight excluding hydrogens is 451 g/mol.